The molecule has 0 saturated carbocycles. The molecule has 0 aliphatic carbocycles. The Hall–Kier alpha value is -2.20. The van der Waals surface area contributed by atoms with Crippen LogP contribution in [0.4, 0.5) is 13.6 Å². The predicted molar refractivity (Wildman–Crippen MR) is 82.1 cm³/mol. The molecule has 130 valence electrons. The molecule has 3 atom stereocenters. The summed E-state index contributed by atoms with van der Waals surface area (Å²) in [7, 11) is 0. The standard InChI is InChI=1S/C17H20F2N2O3/c1-2-3-4-24-17(23)21-10-12(7-15(21)16(22)9-20)11-5-13(18)8-14(19)6-11/h5-6,8,12,15-16,22H,2-4,7,10H2,1H3. The highest BCUT2D eigenvalue weighted by molar-refractivity contribution is 5.69. The summed E-state index contributed by atoms with van der Waals surface area (Å²) in [6.45, 7) is 2.35. The third kappa shape index (κ3) is 4.20. The molecule has 1 aromatic rings. The van der Waals surface area contributed by atoms with Crippen LogP contribution in [-0.4, -0.2) is 41.4 Å². The maximum Gasteiger partial charge on any atom is 0.410 e. The minimum Gasteiger partial charge on any atom is -0.449 e. The molecule has 1 fully saturated rings. The van der Waals surface area contributed by atoms with Crippen molar-refractivity contribution in [1.82, 2.24) is 4.90 Å². The highest BCUT2D eigenvalue weighted by Crippen LogP contribution is 2.34. The van der Waals surface area contributed by atoms with Gasteiger partial charge in [-0.2, -0.15) is 5.26 Å². The molecule has 1 amide bonds. The van der Waals surface area contributed by atoms with Crippen molar-refractivity contribution in [3.63, 3.8) is 0 Å². The maximum atomic E-state index is 13.4. The number of aliphatic hydroxyl groups is 1. The molecule has 1 aromatic carbocycles. The Morgan fingerprint density at radius 1 is 1.46 bits per heavy atom. The summed E-state index contributed by atoms with van der Waals surface area (Å²) < 4.78 is 32.0. The number of likely N-dealkylation sites (tertiary alicyclic amines) is 1. The Morgan fingerprint density at radius 3 is 2.71 bits per heavy atom. The van der Waals surface area contributed by atoms with Crippen molar-refractivity contribution in [2.24, 2.45) is 0 Å². The number of halogens is 2. The number of hydrogen-bond donors (Lipinski definition) is 1. The van der Waals surface area contributed by atoms with Crippen LogP contribution in [0, 0.1) is 23.0 Å². The van der Waals surface area contributed by atoms with Crippen molar-refractivity contribution in [3.05, 3.63) is 35.4 Å². The Labute approximate surface area is 139 Å². The van der Waals surface area contributed by atoms with Crippen LogP contribution in [0.1, 0.15) is 37.7 Å². The van der Waals surface area contributed by atoms with Gasteiger partial charge in [0.05, 0.1) is 18.7 Å². The second kappa shape index (κ2) is 8.06. The number of nitriles is 1. The Bertz CT molecular complexity index is 613. The van der Waals surface area contributed by atoms with Gasteiger partial charge in [0.1, 0.15) is 11.6 Å². The Kier molecular flexibility index (Phi) is 6.10. The number of ether oxygens (including phenoxy) is 1. The van der Waals surface area contributed by atoms with Gasteiger partial charge in [0.15, 0.2) is 6.10 Å². The number of rotatable bonds is 5. The van der Waals surface area contributed by atoms with Crippen LogP contribution in [-0.2, 0) is 4.74 Å². The summed E-state index contributed by atoms with van der Waals surface area (Å²) in [4.78, 5) is 13.5. The molecule has 1 aliphatic rings. The molecule has 7 heteroatoms. The van der Waals surface area contributed by atoms with Crippen LogP contribution in [0.5, 0.6) is 0 Å². The van der Waals surface area contributed by atoms with Crippen LogP contribution in [0.3, 0.4) is 0 Å². The van der Waals surface area contributed by atoms with E-state index in [1.54, 1.807) is 6.07 Å². The number of unbranched alkanes of at least 4 members (excludes halogenated alkanes) is 1. The highest BCUT2D eigenvalue weighted by atomic mass is 19.1. The molecule has 1 heterocycles. The quantitative estimate of drug-likeness (QED) is 0.662. The van der Waals surface area contributed by atoms with Crippen molar-refractivity contribution in [3.8, 4) is 6.07 Å². The molecule has 0 aromatic heterocycles. The SMILES string of the molecule is CCCCOC(=O)N1CC(c2cc(F)cc(F)c2)CC1C(O)C#N. The van der Waals surface area contributed by atoms with Gasteiger partial charge in [-0.15, -0.1) is 0 Å². The topological polar surface area (TPSA) is 73.6 Å². The van der Waals surface area contributed by atoms with Gasteiger partial charge < -0.3 is 14.7 Å². The monoisotopic (exact) mass is 338 g/mol. The number of carbonyl (C=O) groups excluding carboxylic acids is 1. The van der Waals surface area contributed by atoms with Gasteiger partial charge in [-0.3, -0.25) is 0 Å². The van der Waals surface area contributed by atoms with Gasteiger partial charge in [0.25, 0.3) is 0 Å². The lowest BCUT2D eigenvalue weighted by Gasteiger charge is -2.24. The first-order chi connectivity index (χ1) is 11.5. The van der Waals surface area contributed by atoms with E-state index in [0.29, 0.717) is 12.0 Å². The normalized spacial score (nSPS) is 21.4. The fourth-order valence-corrected chi connectivity index (χ4v) is 2.90. The van der Waals surface area contributed by atoms with Crippen molar-refractivity contribution < 1.29 is 23.4 Å². The zero-order valence-corrected chi connectivity index (χ0v) is 13.4. The van der Waals surface area contributed by atoms with Crippen molar-refractivity contribution >= 4 is 6.09 Å². The summed E-state index contributed by atoms with van der Waals surface area (Å²) in [6, 6.07) is 4.13. The first-order valence-corrected chi connectivity index (χ1v) is 7.93. The number of nitrogens with zero attached hydrogens (tertiary/aromatic N) is 2. The molecule has 0 bridgehead atoms. The minimum atomic E-state index is -1.38. The minimum absolute atomic E-state index is 0.136. The average Bonchev–Trinajstić information content (AvgIpc) is 2.98. The van der Waals surface area contributed by atoms with E-state index >= 15 is 0 Å². The summed E-state index contributed by atoms with van der Waals surface area (Å²) in [5, 5.41) is 18.8. The first kappa shape index (κ1) is 18.1. The molecule has 1 aliphatic heterocycles. The van der Waals surface area contributed by atoms with E-state index in [4.69, 9.17) is 10.00 Å². The molecule has 5 nitrogen and oxygen atoms in total. The molecule has 2 rings (SSSR count). The van der Waals surface area contributed by atoms with Crippen molar-refractivity contribution in [2.45, 2.75) is 44.2 Å². The summed E-state index contributed by atoms with van der Waals surface area (Å²) >= 11 is 0. The van der Waals surface area contributed by atoms with E-state index in [-0.39, 0.29) is 25.5 Å². The molecule has 3 unspecified atom stereocenters. The first-order valence-electron chi connectivity index (χ1n) is 7.93. The second-order valence-corrected chi connectivity index (χ2v) is 5.90. The molecule has 24 heavy (non-hydrogen) atoms. The van der Waals surface area contributed by atoms with Crippen LogP contribution in [0.15, 0.2) is 18.2 Å². The largest absolute Gasteiger partial charge is 0.449 e. The number of hydrogen-bond acceptors (Lipinski definition) is 4. The van der Waals surface area contributed by atoms with E-state index in [0.717, 1.165) is 12.5 Å². The van der Waals surface area contributed by atoms with E-state index in [1.807, 2.05) is 6.92 Å². The fourth-order valence-electron chi connectivity index (χ4n) is 2.90. The lowest BCUT2D eigenvalue weighted by atomic mass is 9.95. The lowest BCUT2D eigenvalue weighted by molar-refractivity contribution is 0.0691. The van der Waals surface area contributed by atoms with Crippen LogP contribution < -0.4 is 0 Å². The maximum absolute atomic E-state index is 13.4. The van der Waals surface area contributed by atoms with Crippen LogP contribution >= 0.6 is 0 Å². The number of amides is 1. The molecule has 0 radical (unpaired) electrons. The van der Waals surface area contributed by atoms with Crippen molar-refractivity contribution in [2.75, 3.05) is 13.2 Å². The summed E-state index contributed by atoms with van der Waals surface area (Å²) in [5.41, 5.74) is 0.395. The Morgan fingerprint density at radius 2 is 2.12 bits per heavy atom. The predicted octanol–water partition coefficient (Wildman–Crippen LogP) is 2.94. The lowest BCUT2D eigenvalue weighted by Crippen LogP contribution is -2.42. The molecule has 1 N–H and O–H groups in total. The van der Waals surface area contributed by atoms with Gasteiger partial charge >= 0.3 is 6.09 Å². The van der Waals surface area contributed by atoms with E-state index in [2.05, 4.69) is 0 Å². The van der Waals surface area contributed by atoms with Gasteiger partial charge in [0, 0.05) is 18.5 Å². The van der Waals surface area contributed by atoms with Gasteiger partial charge in [0.2, 0.25) is 0 Å². The summed E-state index contributed by atoms with van der Waals surface area (Å²) in [6.07, 6.45) is -0.193. The van der Waals surface area contributed by atoms with E-state index < -0.39 is 29.9 Å². The van der Waals surface area contributed by atoms with Crippen molar-refractivity contribution in [1.29, 1.82) is 5.26 Å². The van der Waals surface area contributed by atoms with Crippen LogP contribution in [0.2, 0.25) is 0 Å². The number of aliphatic hydroxyl groups excluding tert-OH is 1. The zero-order valence-electron chi connectivity index (χ0n) is 13.4. The van der Waals surface area contributed by atoms with Gasteiger partial charge in [-0.05, 0) is 30.5 Å². The highest BCUT2D eigenvalue weighted by Gasteiger charge is 2.41. The number of carbonyl (C=O) groups is 1. The van der Waals surface area contributed by atoms with E-state index in [9.17, 15) is 18.7 Å². The van der Waals surface area contributed by atoms with E-state index in [1.165, 1.54) is 17.0 Å². The third-order valence-corrected chi connectivity index (χ3v) is 4.15. The van der Waals surface area contributed by atoms with Gasteiger partial charge in [-0.25, -0.2) is 13.6 Å². The molecule has 1 saturated heterocycles. The third-order valence-electron chi connectivity index (χ3n) is 4.15. The van der Waals surface area contributed by atoms with Gasteiger partial charge in [-0.1, -0.05) is 13.3 Å². The fraction of sp³-hybridized carbons (Fsp3) is 0.529. The molecular formula is C17H20F2N2O3. The second-order valence-electron chi connectivity index (χ2n) is 5.90. The zero-order chi connectivity index (χ0) is 17.7. The smallest absolute Gasteiger partial charge is 0.410 e. The summed E-state index contributed by atoms with van der Waals surface area (Å²) in [5.74, 6) is -1.78. The average molecular weight is 338 g/mol. The molecular weight excluding hydrogens is 318 g/mol. The van der Waals surface area contributed by atoms with Crippen LogP contribution in [0.25, 0.3) is 0 Å². The molecule has 0 spiro atoms. The Balaban J connectivity index is 2.17. The number of benzene rings is 1.